The number of anilines is 2. The highest BCUT2D eigenvalue weighted by molar-refractivity contribution is 7.92. The van der Waals surface area contributed by atoms with Gasteiger partial charge in [0, 0.05) is 5.56 Å². The number of pyridine rings is 1. The number of fused-ring (bicyclic) bond motifs is 2. The molecule has 0 spiro atoms. The van der Waals surface area contributed by atoms with E-state index in [1.807, 2.05) is 55.6 Å². The SMILES string of the molecule is COc1c(NC(=O)N[C@@]2(C=O)C=C[C@@H](Oc3ccc4nnc([C@]5(C)CCCN5C)n4c3)c3ccccc32)cc(C(C)(C)C)cc1NS(C)(=O)=O. The van der Waals surface area contributed by atoms with Crippen LogP contribution in [0.2, 0.25) is 0 Å². The van der Waals surface area contributed by atoms with Gasteiger partial charge in [-0.15, -0.1) is 10.2 Å². The minimum atomic E-state index is -3.67. The summed E-state index contributed by atoms with van der Waals surface area (Å²) in [5, 5.41) is 14.6. The molecule has 3 heterocycles. The molecule has 1 fully saturated rings. The fraction of sp³-hybridized carbons (Fsp3) is 0.389. The van der Waals surface area contributed by atoms with Gasteiger partial charge in [0.1, 0.15) is 17.4 Å². The second-order valence-corrected chi connectivity index (χ2v) is 15.9. The normalized spacial score (nSPS) is 22.2. The predicted octanol–water partition coefficient (Wildman–Crippen LogP) is 5.25. The summed E-state index contributed by atoms with van der Waals surface area (Å²) in [6.45, 7) is 9.04. The van der Waals surface area contributed by atoms with E-state index < -0.39 is 33.1 Å². The van der Waals surface area contributed by atoms with E-state index >= 15 is 0 Å². The molecule has 1 saturated heterocycles. The van der Waals surface area contributed by atoms with Crippen molar-refractivity contribution in [3.8, 4) is 11.5 Å². The molecule has 1 aliphatic carbocycles. The first kappa shape index (κ1) is 34.9. The zero-order valence-corrected chi connectivity index (χ0v) is 30.1. The van der Waals surface area contributed by atoms with Crippen LogP contribution in [0.1, 0.15) is 69.2 Å². The quantitative estimate of drug-likeness (QED) is 0.157. The van der Waals surface area contributed by atoms with Crippen LogP contribution in [-0.2, 0) is 31.3 Å². The third-order valence-electron chi connectivity index (χ3n) is 9.58. The van der Waals surface area contributed by atoms with E-state index in [9.17, 15) is 18.0 Å². The number of methoxy groups -OCH3 is 1. The van der Waals surface area contributed by atoms with E-state index in [1.165, 1.54) is 7.11 Å². The van der Waals surface area contributed by atoms with Gasteiger partial charge in [0.15, 0.2) is 23.5 Å². The third kappa shape index (κ3) is 6.52. The molecule has 0 radical (unpaired) electrons. The van der Waals surface area contributed by atoms with Gasteiger partial charge in [0.2, 0.25) is 10.0 Å². The number of rotatable bonds is 9. The monoisotopic (exact) mass is 701 g/mol. The van der Waals surface area contributed by atoms with E-state index in [0.29, 0.717) is 28.8 Å². The Kier molecular flexibility index (Phi) is 8.89. The summed E-state index contributed by atoms with van der Waals surface area (Å²) in [6.07, 6.45) is 8.43. The summed E-state index contributed by atoms with van der Waals surface area (Å²) < 4.78 is 40.8. The topological polar surface area (TPSA) is 156 Å². The molecule has 3 N–H and O–H groups in total. The molecule has 2 amide bonds. The van der Waals surface area contributed by atoms with Crippen LogP contribution in [0.4, 0.5) is 16.2 Å². The van der Waals surface area contributed by atoms with Crippen LogP contribution in [0.3, 0.4) is 0 Å². The number of amides is 2. The number of urea groups is 1. The van der Waals surface area contributed by atoms with Crippen molar-refractivity contribution in [1.29, 1.82) is 0 Å². The van der Waals surface area contributed by atoms with Gasteiger partial charge in [0.25, 0.3) is 0 Å². The van der Waals surface area contributed by atoms with Gasteiger partial charge in [0.05, 0.1) is 36.5 Å². The van der Waals surface area contributed by atoms with Gasteiger partial charge >= 0.3 is 6.03 Å². The Morgan fingerprint density at radius 2 is 1.84 bits per heavy atom. The maximum Gasteiger partial charge on any atom is 0.320 e. The molecule has 2 aromatic carbocycles. The van der Waals surface area contributed by atoms with Crippen molar-refractivity contribution >= 4 is 39.4 Å². The van der Waals surface area contributed by atoms with Crippen molar-refractivity contribution in [3.05, 3.63) is 89.4 Å². The fourth-order valence-electron chi connectivity index (χ4n) is 6.73. The van der Waals surface area contributed by atoms with Crippen molar-refractivity contribution in [2.75, 3.05) is 37.0 Å². The lowest BCUT2D eigenvalue weighted by Gasteiger charge is -2.34. The lowest BCUT2D eigenvalue weighted by molar-refractivity contribution is -0.111. The molecule has 4 aromatic rings. The van der Waals surface area contributed by atoms with Crippen LogP contribution in [0.5, 0.6) is 11.5 Å². The minimum Gasteiger partial charge on any atom is -0.492 e. The lowest BCUT2D eigenvalue weighted by atomic mass is 9.81. The number of nitrogens with zero attached hydrogens (tertiary/aromatic N) is 4. The molecule has 1 aliphatic heterocycles. The Morgan fingerprint density at radius 3 is 2.50 bits per heavy atom. The van der Waals surface area contributed by atoms with Crippen molar-refractivity contribution in [1.82, 2.24) is 24.8 Å². The minimum absolute atomic E-state index is 0.119. The van der Waals surface area contributed by atoms with Crippen LogP contribution in [0, 0.1) is 0 Å². The van der Waals surface area contributed by atoms with Gasteiger partial charge < -0.3 is 20.1 Å². The molecule has 0 saturated carbocycles. The number of carbonyl (C=O) groups excluding carboxylic acids is 2. The number of benzene rings is 2. The Balaban J connectivity index is 1.29. The average molecular weight is 702 g/mol. The van der Waals surface area contributed by atoms with Crippen LogP contribution in [-0.4, -0.2) is 67.2 Å². The Bertz CT molecular complexity index is 2110. The number of carbonyl (C=O) groups is 2. The summed E-state index contributed by atoms with van der Waals surface area (Å²) in [5.41, 5.74) is 0.904. The average Bonchev–Trinajstić information content (AvgIpc) is 3.63. The van der Waals surface area contributed by atoms with E-state index in [4.69, 9.17) is 9.47 Å². The third-order valence-corrected chi connectivity index (χ3v) is 10.2. The number of nitrogens with one attached hydrogen (secondary N) is 3. The molecular formula is C36H43N7O6S. The second-order valence-electron chi connectivity index (χ2n) is 14.2. The molecule has 14 heteroatoms. The molecular weight excluding hydrogens is 659 g/mol. The van der Waals surface area contributed by atoms with Gasteiger partial charge in [-0.3, -0.25) is 18.8 Å². The van der Waals surface area contributed by atoms with Crippen molar-refractivity contribution in [2.24, 2.45) is 0 Å². The van der Waals surface area contributed by atoms with Crippen LogP contribution >= 0.6 is 0 Å². The van der Waals surface area contributed by atoms with E-state index in [2.05, 4.69) is 44.4 Å². The lowest BCUT2D eigenvalue weighted by Crippen LogP contribution is -2.49. The molecule has 3 atom stereocenters. The number of hydrogen-bond donors (Lipinski definition) is 3. The zero-order chi connectivity index (χ0) is 36.1. The van der Waals surface area contributed by atoms with Crippen molar-refractivity contribution in [2.45, 2.75) is 63.1 Å². The Morgan fingerprint density at radius 1 is 1.10 bits per heavy atom. The fourth-order valence-corrected chi connectivity index (χ4v) is 7.28. The van der Waals surface area contributed by atoms with Crippen molar-refractivity contribution < 1.29 is 27.5 Å². The maximum absolute atomic E-state index is 13.7. The standard InChI is InChI=1S/C36H43N7O6S/c1-34(2,3)23-19-27(31(48-6)28(20-23)41-50(7,46)47)37-33(45)38-36(22-44)17-15-29(25-11-8-9-12-26(25)36)49-24-13-14-30-39-40-32(43(30)21-24)35(4)16-10-18-42(35)5/h8-9,11-15,17,19-22,29,41H,10,16,18H2,1-7H3,(H2,37,38,45)/t29-,35+,36-/m1/s1. The second kappa shape index (κ2) is 12.7. The molecule has 6 rings (SSSR count). The highest BCUT2D eigenvalue weighted by Gasteiger charge is 2.41. The Labute approximate surface area is 292 Å². The number of ether oxygens (including phenoxy) is 2. The molecule has 50 heavy (non-hydrogen) atoms. The number of likely N-dealkylation sites (tertiary alicyclic amines) is 1. The summed E-state index contributed by atoms with van der Waals surface area (Å²) in [6, 6.07) is 13.7. The molecule has 0 bridgehead atoms. The summed E-state index contributed by atoms with van der Waals surface area (Å²) in [5.74, 6) is 1.55. The van der Waals surface area contributed by atoms with Gasteiger partial charge in [-0.25, -0.2) is 13.2 Å². The first-order valence-corrected chi connectivity index (χ1v) is 18.2. The molecule has 2 aromatic heterocycles. The first-order chi connectivity index (χ1) is 23.6. The van der Waals surface area contributed by atoms with Crippen LogP contribution < -0.4 is 24.8 Å². The summed E-state index contributed by atoms with van der Waals surface area (Å²) >= 11 is 0. The first-order valence-electron chi connectivity index (χ1n) is 16.3. The van der Waals surface area contributed by atoms with Gasteiger partial charge in [-0.2, -0.15) is 0 Å². The number of aldehydes is 1. The highest BCUT2D eigenvalue weighted by atomic mass is 32.2. The summed E-state index contributed by atoms with van der Waals surface area (Å²) in [7, 11) is -0.193. The number of sulfonamides is 1. The smallest absolute Gasteiger partial charge is 0.320 e. The van der Waals surface area contributed by atoms with E-state index in [1.54, 1.807) is 36.4 Å². The molecule has 264 valence electrons. The van der Waals surface area contributed by atoms with E-state index in [-0.39, 0.29) is 22.7 Å². The van der Waals surface area contributed by atoms with E-state index in [0.717, 1.165) is 37.0 Å². The van der Waals surface area contributed by atoms with Crippen molar-refractivity contribution in [3.63, 3.8) is 0 Å². The molecule has 2 aliphatic rings. The van der Waals surface area contributed by atoms with Gasteiger partial charge in [-0.1, -0.05) is 45.0 Å². The molecule has 13 nitrogen and oxygen atoms in total. The Hall–Kier alpha value is -4.95. The number of aromatic nitrogens is 3. The number of hydrogen-bond acceptors (Lipinski definition) is 9. The zero-order valence-electron chi connectivity index (χ0n) is 29.3. The van der Waals surface area contributed by atoms with Crippen LogP contribution in [0.15, 0.2) is 66.9 Å². The maximum atomic E-state index is 13.7. The van der Waals surface area contributed by atoms with Crippen LogP contribution in [0.25, 0.3) is 5.65 Å². The summed E-state index contributed by atoms with van der Waals surface area (Å²) in [4.78, 5) is 28.9. The largest absolute Gasteiger partial charge is 0.492 e. The van der Waals surface area contributed by atoms with Gasteiger partial charge in [-0.05, 0) is 86.3 Å². The predicted molar refractivity (Wildman–Crippen MR) is 191 cm³/mol. The molecule has 0 unspecified atom stereocenters. The highest BCUT2D eigenvalue weighted by Crippen LogP contribution is 2.41.